The lowest BCUT2D eigenvalue weighted by atomic mass is 9.93. The van der Waals surface area contributed by atoms with Gasteiger partial charge in [-0.25, -0.2) is 0 Å². The first-order valence-electron chi connectivity index (χ1n) is 6.22. The van der Waals surface area contributed by atoms with Crippen LogP contribution >= 0.6 is 0 Å². The van der Waals surface area contributed by atoms with Crippen molar-refractivity contribution in [2.45, 2.75) is 43.8 Å². The van der Waals surface area contributed by atoms with Crippen molar-refractivity contribution in [2.24, 2.45) is 0 Å². The fourth-order valence-electron chi connectivity index (χ4n) is 2.51. The third-order valence-corrected chi connectivity index (χ3v) is 3.40. The van der Waals surface area contributed by atoms with Crippen molar-refractivity contribution in [3.63, 3.8) is 0 Å². The van der Waals surface area contributed by atoms with E-state index in [2.05, 4.69) is 15.5 Å². The quantitative estimate of drug-likeness (QED) is 0.891. The molecule has 1 aromatic rings. The Kier molecular flexibility index (Phi) is 3.82. The number of hydrogen-bond acceptors (Lipinski definition) is 4. The summed E-state index contributed by atoms with van der Waals surface area (Å²) in [7, 11) is 0. The highest BCUT2D eigenvalue weighted by Gasteiger charge is 2.37. The van der Waals surface area contributed by atoms with E-state index in [1.165, 1.54) is 6.07 Å². The van der Waals surface area contributed by atoms with Crippen LogP contribution in [-0.2, 0) is 11.0 Å². The average molecular weight is 289 g/mol. The molecule has 1 heterocycles. The predicted molar refractivity (Wildman–Crippen MR) is 64.1 cm³/mol. The molecule has 8 heteroatoms. The molecule has 0 radical (unpaired) electrons. The molecule has 20 heavy (non-hydrogen) atoms. The number of hydrogen-bond donors (Lipinski definition) is 2. The molecule has 0 unspecified atom stereocenters. The van der Waals surface area contributed by atoms with Crippen molar-refractivity contribution in [3.8, 4) is 0 Å². The molecule has 1 aliphatic rings. The second-order valence-electron chi connectivity index (χ2n) is 4.98. The molecule has 1 aliphatic carbocycles. The van der Waals surface area contributed by atoms with Gasteiger partial charge in [-0.05, 0) is 25.0 Å². The van der Waals surface area contributed by atoms with Crippen molar-refractivity contribution < 1.29 is 23.1 Å². The Morgan fingerprint density at radius 3 is 2.40 bits per heavy atom. The highest BCUT2D eigenvalue weighted by molar-refractivity contribution is 5.69. The first kappa shape index (κ1) is 14.5. The molecule has 1 fully saturated rings. The number of carboxylic acids is 1. The minimum absolute atomic E-state index is 0.0876. The van der Waals surface area contributed by atoms with Gasteiger partial charge in [-0.2, -0.15) is 13.2 Å². The van der Waals surface area contributed by atoms with Crippen molar-refractivity contribution >= 4 is 11.8 Å². The molecule has 1 saturated carbocycles. The summed E-state index contributed by atoms with van der Waals surface area (Å²) in [4.78, 5) is 10.9. The minimum Gasteiger partial charge on any atom is -0.481 e. The number of aromatic nitrogens is 2. The van der Waals surface area contributed by atoms with E-state index in [0.717, 1.165) is 18.9 Å². The third kappa shape index (κ3) is 3.37. The molecule has 0 amide bonds. The number of alkyl halides is 3. The van der Waals surface area contributed by atoms with Crippen LogP contribution < -0.4 is 5.32 Å². The van der Waals surface area contributed by atoms with Gasteiger partial charge in [-0.3, -0.25) is 4.79 Å². The second kappa shape index (κ2) is 5.26. The number of halogens is 3. The number of carboxylic acid groups (broad SMARTS) is 1. The van der Waals surface area contributed by atoms with Gasteiger partial charge in [-0.15, -0.1) is 10.2 Å². The highest BCUT2D eigenvalue weighted by Crippen LogP contribution is 2.35. The van der Waals surface area contributed by atoms with Crippen molar-refractivity contribution in [3.05, 3.63) is 17.8 Å². The summed E-state index contributed by atoms with van der Waals surface area (Å²) in [6.45, 7) is 0. The van der Waals surface area contributed by atoms with E-state index < -0.39 is 23.4 Å². The molecular formula is C12H14F3N3O2. The first-order valence-corrected chi connectivity index (χ1v) is 6.22. The van der Waals surface area contributed by atoms with Gasteiger partial charge in [0.2, 0.25) is 0 Å². The zero-order valence-corrected chi connectivity index (χ0v) is 10.6. The average Bonchev–Trinajstić information content (AvgIpc) is 2.76. The summed E-state index contributed by atoms with van der Waals surface area (Å²) in [6, 6.07) is 2.01. The summed E-state index contributed by atoms with van der Waals surface area (Å²) in [5, 5.41) is 18.5. The summed E-state index contributed by atoms with van der Waals surface area (Å²) >= 11 is 0. The maximum Gasteiger partial charge on any atom is 0.435 e. The fraction of sp³-hybridized carbons (Fsp3) is 0.583. The van der Waals surface area contributed by atoms with E-state index in [4.69, 9.17) is 5.11 Å². The van der Waals surface area contributed by atoms with Crippen molar-refractivity contribution in [1.82, 2.24) is 10.2 Å². The summed E-state index contributed by atoms with van der Waals surface area (Å²) in [5.74, 6) is -0.777. The van der Waals surface area contributed by atoms with E-state index in [1.807, 2.05) is 0 Å². The van der Waals surface area contributed by atoms with Crippen LogP contribution in [-0.4, -0.2) is 26.8 Å². The Hall–Kier alpha value is -1.86. The van der Waals surface area contributed by atoms with Gasteiger partial charge < -0.3 is 10.4 Å². The Balaban J connectivity index is 2.13. The molecule has 0 saturated heterocycles. The van der Waals surface area contributed by atoms with E-state index in [0.29, 0.717) is 12.8 Å². The largest absolute Gasteiger partial charge is 0.481 e. The van der Waals surface area contributed by atoms with Gasteiger partial charge in [0.1, 0.15) is 5.82 Å². The molecular weight excluding hydrogens is 275 g/mol. The van der Waals surface area contributed by atoms with Gasteiger partial charge in [0.05, 0.1) is 6.42 Å². The van der Waals surface area contributed by atoms with E-state index in [-0.39, 0.29) is 12.2 Å². The van der Waals surface area contributed by atoms with Gasteiger partial charge >= 0.3 is 12.1 Å². The molecule has 1 aromatic heterocycles. The minimum atomic E-state index is -4.53. The molecule has 2 rings (SSSR count). The summed E-state index contributed by atoms with van der Waals surface area (Å²) in [6.07, 6.45) is -1.54. The Morgan fingerprint density at radius 1 is 1.30 bits per heavy atom. The molecule has 0 atom stereocenters. The van der Waals surface area contributed by atoms with Crippen LogP contribution in [0.3, 0.4) is 0 Å². The highest BCUT2D eigenvalue weighted by atomic mass is 19.4. The van der Waals surface area contributed by atoms with Gasteiger partial charge in [0, 0.05) is 5.54 Å². The van der Waals surface area contributed by atoms with Gasteiger partial charge in [-0.1, -0.05) is 12.8 Å². The smallest absolute Gasteiger partial charge is 0.435 e. The Morgan fingerprint density at radius 2 is 1.95 bits per heavy atom. The lowest BCUT2D eigenvalue weighted by molar-refractivity contribution is -0.141. The standard InChI is InChI=1S/C12H14F3N3O2/c13-12(14,15)8-3-4-9(18-17-8)16-11(7-10(19)20)5-1-2-6-11/h3-4H,1-2,5-7H2,(H,16,18)(H,19,20). The zero-order valence-electron chi connectivity index (χ0n) is 10.6. The normalized spacial score (nSPS) is 17.9. The van der Waals surface area contributed by atoms with Crippen LogP contribution in [0.5, 0.6) is 0 Å². The monoisotopic (exact) mass is 289 g/mol. The number of rotatable bonds is 4. The number of carbonyl (C=O) groups is 1. The number of aliphatic carboxylic acids is 1. The van der Waals surface area contributed by atoms with Crippen molar-refractivity contribution in [1.29, 1.82) is 0 Å². The van der Waals surface area contributed by atoms with Crippen LogP contribution in [0.2, 0.25) is 0 Å². The van der Waals surface area contributed by atoms with Gasteiger partial charge in [0.15, 0.2) is 5.69 Å². The first-order chi connectivity index (χ1) is 9.31. The van der Waals surface area contributed by atoms with Crippen LogP contribution in [0, 0.1) is 0 Å². The van der Waals surface area contributed by atoms with E-state index in [9.17, 15) is 18.0 Å². The van der Waals surface area contributed by atoms with Crippen LogP contribution in [0.15, 0.2) is 12.1 Å². The Bertz CT molecular complexity index is 482. The van der Waals surface area contributed by atoms with Crippen LogP contribution in [0.4, 0.5) is 19.0 Å². The maximum atomic E-state index is 12.4. The molecule has 5 nitrogen and oxygen atoms in total. The molecule has 2 N–H and O–H groups in total. The number of nitrogens with zero attached hydrogens (tertiary/aromatic N) is 2. The maximum absolute atomic E-state index is 12.4. The Labute approximate surface area is 113 Å². The molecule has 0 bridgehead atoms. The lowest BCUT2D eigenvalue weighted by Gasteiger charge is -2.29. The SMILES string of the molecule is O=C(O)CC1(Nc2ccc(C(F)(F)F)nn2)CCCC1. The topological polar surface area (TPSA) is 75.1 Å². The third-order valence-electron chi connectivity index (χ3n) is 3.40. The van der Waals surface area contributed by atoms with E-state index >= 15 is 0 Å². The predicted octanol–water partition coefficient (Wildman–Crippen LogP) is 2.69. The second-order valence-corrected chi connectivity index (χ2v) is 4.98. The lowest BCUT2D eigenvalue weighted by Crippen LogP contribution is -2.38. The van der Waals surface area contributed by atoms with Crippen LogP contribution in [0.25, 0.3) is 0 Å². The molecule has 0 aromatic carbocycles. The van der Waals surface area contributed by atoms with Crippen LogP contribution in [0.1, 0.15) is 37.8 Å². The van der Waals surface area contributed by atoms with Crippen molar-refractivity contribution in [2.75, 3.05) is 5.32 Å². The number of nitrogens with one attached hydrogen (secondary N) is 1. The molecule has 0 spiro atoms. The summed E-state index contributed by atoms with van der Waals surface area (Å²) in [5.41, 5.74) is -1.71. The van der Waals surface area contributed by atoms with Gasteiger partial charge in [0.25, 0.3) is 0 Å². The number of anilines is 1. The zero-order chi connectivity index (χ0) is 14.8. The molecule has 0 aliphatic heterocycles. The summed E-state index contributed by atoms with van der Waals surface area (Å²) < 4.78 is 37.1. The molecule has 110 valence electrons. The van der Waals surface area contributed by atoms with E-state index in [1.54, 1.807) is 0 Å². The fourth-order valence-corrected chi connectivity index (χ4v) is 2.51.